The SMILES string of the molecule is COc1cccc2cc(C(=O)N3CCN(C4CC4)CC3Cc3ccccc3)c(=O)oc12. The molecule has 5 rings (SSSR count). The van der Waals surface area contributed by atoms with Crippen LogP contribution >= 0.6 is 0 Å². The lowest BCUT2D eigenvalue weighted by Gasteiger charge is -2.41. The highest BCUT2D eigenvalue weighted by Gasteiger charge is 2.38. The van der Waals surface area contributed by atoms with Gasteiger partial charge in [-0.05, 0) is 37.0 Å². The number of carbonyl (C=O) groups excluding carboxylic acids is 1. The van der Waals surface area contributed by atoms with Crippen molar-refractivity contribution in [1.29, 1.82) is 0 Å². The van der Waals surface area contributed by atoms with Crippen molar-refractivity contribution in [1.82, 2.24) is 9.80 Å². The molecule has 0 bridgehead atoms. The van der Waals surface area contributed by atoms with Crippen LogP contribution in [-0.4, -0.2) is 54.5 Å². The Labute approximate surface area is 181 Å². The molecule has 2 fully saturated rings. The fourth-order valence-electron chi connectivity index (χ4n) is 4.56. The molecule has 2 aliphatic rings. The number of carbonyl (C=O) groups is 1. The largest absolute Gasteiger partial charge is 0.493 e. The van der Waals surface area contributed by atoms with E-state index in [-0.39, 0.29) is 17.5 Å². The van der Waals surface area contributed by atoms with Crippen molar-refractivity contribution < 1.29 is 13.9 Å². The summed E-state index contributed by atoms with van der Waals surface area (Å²) in [7, 11) is 1.53. The quantitative estimate of drug-likeness (QED) is 0.595. The van der Waals surface area contributed by atoms with Gasteiger partial charge in [-0.25, -0.2) is 4.79 Å². The lowest BCUT2D eigenvalue weighted by Crippen LogP contribution is -2.57. The first-order valence-corrected chi connectivity index (χ1v) is 10.8. The molecule has 1 unspecified atom stereocenters. The molecule has 31 heavy (non-hydrogen) atoms. The Hall–Kier alpha value is -3.12. The van der Waals surface area contributed by atoms with Crippen LogP contribution in [0.15, 0.2) is 63.8 Å². The number of hydrogen-bond donors (Lipinski definition) is 0. The van der Waals surface area contributed by atoms with E-state index in [9.17, 15) is 9.59 Å². The van der Waals surface area contributed by atoms with Crippen LogP contribution in [0.3, 0.4) is 0 Å². The number of ether oxygens (including phenoxy) is 1. The number of para-hydroxylation sites is 1. The predicted molar refractivity (Wildman–Crippen MR) is 119 cm³/mol. The highest BCUT2D eigenvalue weighted by Crippen LogP contribution is 2.30. The molecule has 2 heterocycles. The predicted octanol–water partition coefficient (Wildman–Crippen LogP) is 3.33. The molecule has 0 radical (unpaired) electrons. The average molecular weight is 418 g/mol. The summed E-state index contributed by atoms with van der Waals surface area (Å²) in [6.45, 7) is 2.29. The van der Waals surface area contributed by atoms with Crippen molar-refractivity contribution in [3.8, 4) is 5.75 Å². The van der Waals surface area contributed by atoms with Crippen molar-refractivity contribution >= 4 is 16.9 Å². The Morgan fingerprint density at radius 1 is 1.10 bits per heavy atom. The number of methoxy groups -OCH3 is 1. The second-order valence-electron chi connectivity index (χ2n) is 8.39. The second kappa shape index (κ2) is 8.19. The first-order chi connectivity index (χ1) is 15.1. The minimum atomic E-state index is -0.620. The Bertz CT molecular complexity index is 1150. The third-order valence-electron chi connectivity index (χ3n) is 6.33. The monoisotopic (exact) mass is 418 g/mol. The van der Waals surface area contributed by atoms with Gasteiger partial charge in [0, 0.05) is 37.1 Å². The van der Waals surface area contributed by atoms with Gasteiger partial charge in [0.1, 0.15) is 5.56 Å². The fraction of sp³-hybridized carbons (Fsp3) is 0.360. The molecule has 1 aliphatic heterocycles. The summed E-state index contributed by atoms with van der Waals surface area (Å²) >= 11 is 0. The van der Waals surface area contributed by atoms with Crippen LogP contribution in [0.25, 0.3) is 11.0 Å². The molecule has 6 nitrogen and oxygen atoms in total. The van der Waals surface area contributed by atoms with Crippen LogP contribution in [0.2, 0.25) is 0 Å². The van der Waals surface area contributed by atoms with Crippen LogP contribution in [0.1, 0.15) is 28.8 Å². The maximum Gasteiger partial charge on any atom is 0.349 e. The fourth-order valence-corrected chi connectivity index (χ4v) is 4.56. The zero-order valence-electron chi connectivity index (χ0n) is 17.6. The maximum atomic E-state index is 13.5. The summed E-state index contributed by atoms with van der Waals surface area (Å²) in [4.78, 5) is 30.6. The average Bonchev–Trinajstić information content (AvgIpc) is 3.64. The Morgan fingerprint density at radius 3 is 2.65 bits per heavy atom. The molecule has 1 saturated heterocycles. The molecule has 1 saturated carbocycles. The van der Waals surface area contributed by atoms with Gasteiger partial charge in [-0.1, -0.05) is 42.5 Å². The Kier molecular flexibility index (Phi) is 5.24. The second-order valence-corrected chi connectivity index (χ2v) is 8.39. The summed E-state index contributed by atoms with van der Waals surface area (Å²) in [6, 6.07) is 17.9. The zero-order valence-corrected chi connectivity index (χ0v) is 17.6. The molecule has 0 N–H and O–H groups in total. The molecule has 0 spiro atoms. The maximum absolute atomic E-state index is 13.5. The summed E-state index contributed by atoms with van der Waals surface area (Å²) in [5.41, 5.74) is 1.02. The van der Waals surface area contributed by atoms with Gasteiger partial charge in [0.25, 0.3) is 5.91 Å². The number of fused-ring (bicyclic) bond motifs is 1. The number of amides is 1. The summed E-state index contributed by atoms with van der Waals surface area (Å²) < 4.78 is 10.8. The van der Waals surface area contributed by atoms with Crippen molar-refractivity contribution in [2.75, 3.05) is 26.7 Å². The van der Waals surface area contributed by atoms with E-state index in [4.69, 9.17) is 9.15 Å². The van der Waals surface area contributed by atoms with Crippen molar-refractivity contribution in [3.63, 3.8) is 0 Å². The molecule has 6 heteroatoms. The van der Waals surface area contributed by atoms with E-state index < -0.39 is 5.63 Å². The molecular formula is C25H26N2O4. The summed E-state index contributed by atoms with van der Waals surface area (Å²) in [5.74, 6) is 0.225. The summed E-state index contributed by atoms with van der Waals surface area (Å²) in [5, 5.41) is 0.679. The Balaban J connectivity index is 1.47. The minimum absolute atomic E-state index is 0.0182. The van der Waals surface area contributed by atoms with Crippen LogP contribution in [-0.2, 0) is 6.42 Å². The first kappa shape index (κ1) is 19.8. The number of nitrogens with zero attached hydrogens (tertiary/aromatic N) is 2. The molecule has 1 aromatic heterocycles. The van der Waals surface area contributed by atoms with E-state index in [2.05, 4.69) is 17.0 Å². The van der Waals surface area contributed by atoms with Crippen molar-refractivity contribution in [2.45, 2.75) is 31.3 Å². The first-order valence-electron chi connectivity index (χ1n) is 10.8. The van der Waals surface area contributed by atoms with E-state index in [1.165, 1.54) is 25.5 Å². The van der Waals surface area contributed by atoms with Gasteiger partial charge >= 0.3 is 5.63 Å². The smallest absolute Gasteiger partial charge is 0.349 e. The van der Waals surface area contributed by atoms with Gasteiger partial charge < -0.3 is 14.1 Å². The van der Waals surface area contributed by atoms with Crippen LogP contribution < -0.4 is 10.4 Å². The van der Waals surface area contributed by atoms with Crippen molar-refractivity contribution in [2.24, 2.45) is 0 Å². The molecule has 1 atom stereocenters. The van der Waals surface area contributed by atoms with Gasteiger partial charge in [0.2, 0.25) is 0 Å². The molecule has 1 aliphatic carbocycles. The van der Waals surface area contributed by atoms with Gasteiger partial charge in [-0.2, -0.15) is 0 Å². The zero-order chi connectivity index (χ0) is 21.4. The number of piperazine rings is 1. The standard InChI is InChI=1S/C25H26N2O4/c1-30-22-9-5-8-18-15-21(25(29)31-23(18)22)24(28)27-13-12-26(19-10-11-19)16-20(27)14-17-6-3-2-4-7-17/h2-9,15,19-20H,10-14,16H2,1H3. The third-order valence-corrected chi connectivity index (χ3v) is 6.33. The van der Waals surface area contributed by atoms with Gasteiger partial charge in [-0.3, -0.25) is 9.69 Å². The molecule has 2 aromatic carbocycles. The van der Waals surface area contributed by atoms with Gasteiger partial charge in [0.05, 0.1) is 7.11 Å². The van der Waals surface area contributed by atoms with Gasteiger partial charge in [-0.15, -0.1) is 0 Å². The van der Waals surface area contributed by atoms with E-state index in [1.54, 1.807) is 12.1 Å². The lowest BCUT2D eigenvalue weighted by molar-refractivity contribution is 0.0433. The van der Waals surface area contributed by atoms with Crippen LogP contribution in [0.5, 0.6) is 5.75 Å². The molecule has 160 valence electrons. The van der Waals surface area contributed by atoms with Gasteiger partial charge in [0.15, 0.2) is 11.3 Å². The van der Waals surface area contributed by atoms with Crippen LogP contribution in [0.4, 0.5) is 0 Å². The van der Waals surface area contributed by atoms with E-state index in [1.807, 2.05) is 35.2 Å². The molecule has 3 aromatic rings. The normalized spacial score (nSPS) is 19.5. The Morgan fingerprint density at radius 2 is 1.90 bits per heavy atom. The van der Waals surface area contributed by atoms with E-state index in [0.29, 0.717) is 29.3 Å². The molecular weight excluding hydrogens is 392 g/mol. The molecule has 1 amide bonds. The highest BCUT2D eigenvalue weighted by molar-refractivity contribution is 5.97. The van der Waals surface area contributed by atoms with Crippen LogP contribution in [0, 0.1) is 0 Å². The summed E-state index contributed by atoms with van der Waals surface area (Å²) in [6.07, 6.45) is 3.24. The topological polar surface area (TPSA) is 63.0 Å². The number of benzene rings is 2. The highest BCUT2D eigenvalue weighted by atomic mass is 16.5. The third kappa shape index (κ3) is 3.95. The van der Waals surface area contributed by atoms with E-state index >= 15 is 0 Å². The minimum Gasteiger partial charge on any atom is -0.493 e. The van der Waals surface area contributed by atoms with Crippen molar-refractivity contribution in [3.05, 3.63) is 76.1 Å². The number of rotatable bonds is 5. The lowest BCUT2D eigenvalue weighted by atomic mass is 10.0. The number of hydrogen-bond acceptors (Lipinski definition) is 5. The van der Waals surface area contributed by atoms with E-state index in [0.717, 1.165) is 19.5 Å².